The summed E-state index contributed by atoms with van der Waals surface area (Å²) in [4.78, 5) is 2.53. The van der Waals surface area contributed by atoms with E-state index < -0.39 is 10.0 Å². The van der Waals surface area contributed by atoms with Crippen LogP contribution in [0.25, 0.3) is 0 Å². The van der Waals surface area contributed by atoms with Crippen LogP contribution in [0, 0.1) is 5.92 Å². The zero-order valence-electron chi connectivity index (χ0n) is 16.3. The summed E-state index contributed by atoms with van der Waals surface area (Å²) < 4.78 is 31.2. The largest absolute Gasteiger partial charge is 0.495 e. The number of nitrogens with zero attached hydrogens (tertiary/aromatic N) is 2. The topological polar surface area (TPSA) is 49.9 Å². The van der Waals surface area contributed by atoms with E-state index in [2.05, 4.69) is 24.1 Å². The molecule has 1 aliphatic heterocycles. The van der Waals surface area contributed by atoms with Gasteiger partial charge in [0, 0.05) is 18.5 Å². The average molecular weight is 379 g/mol. The lowest BCUT2D eigenvalue weighted by molar-refractivity contribution is 0.00276. The lowest BCUT2D eigenvalue weighted by Crippen LogP contribution is -2.59. The van der Waals surface area contributed by atoms with E-state index in [-0.39, 0.29) is 5.41 Å². The minimum Gasteiger partial charge on any atom is -0.495 e. The zero-order valence-corrected chi connectivity index (χ0v) is 17.1. The van der Waals surface area contributed by atoms with Crippen LogP contribution in [0.2, 0.25) is 0 Å². The van der Waals surface area contributed by atoms with Crippen LogP contribution in [-0.2, 0) is 21.9 Å². The molecule has 0 radical (unpaired) electrons. The Balaban J connectivity index is 1.89. The highest BCUT2D eigenvalue weighted by Gasteiger charge is 2.53. The maximum Gasteiger partial charge on any atom is 0.232 e. The third-order valence-electron chi connectivity index (χ3n) is 7.25. The molecular weight excluding hydrogens is 348 g/mol. The molecule has 26 heavy (non-hydrogen) atoms. The molecule has 4 rings (SSSR count). The van der Waals surface area contributed by atoms with Gasteiger partial charge in [0.05, 0.1) is 19.1 Å². The van der Waals surface area contributed by atoms with Crippen LogP contribution in [0.1, 0.15) is 43.2 Å². The lowest BCUT2D eigenvalue weighted by Gasteiger charge is -2.58. The van der Waals surface area contributed by atoms with Gasteiger partial charge in [0.1, 0.15) is 5.75 Å². The SMILES string of the molecule is COc1cc2c(cc1N(C)S(C)(=O)=O)C[C@H]1C3CCCC[C@@]23CCN1C. The van der Waals surface area contributed by atoms with Gasteiger partial charge < -0.3 is 9.64 Å². The van der Waals surface area contributed by atoms with Gasteiger partial charge in [-0.25, -0.2) is 8.42 Å². The first-order valence-corrected chi connectivity index (χ1v) is 11.5. The summed E-state index contributed by atoms with van der Waals surface area (Å²) in [6, 6.07) is 4.81. The van der Waals surface area contributed by atoms with Gasteiger partial charge in [-0.1, -0.05) is 12.8 Å². The third-order valence-corrected chi connectivity index (χ3v) is 8.44. The van der Waals surface area contributed by atoms with Crippen molar-refractivity contribution in [1.29, 1.82) is 0 Å². The Hall–Kier alpha value is -1.27. The minimum absolute atomic E-state index is 0.248. The molecule has 1 unspecified atom stereocenters. The smallest absolute Gasteiger partial charge is 0.232 e. The number of benzene rings is 1. The van der Waals surface area contributed by atoms with Crippen molar-refractivity contribution < 1.29 is 13.2 Å². The van der Waals surface area contributed by atoms with Crippen molar-refractivity contribution in [3.8, 4) is 5.75 Å². The number of likely N-dealkylation sites (tertiary alicyclic amines) is 1. The maximum absolute atomic E-state index is 12.1. The molecule has 2 aliphatic carbocycles. The number of piperidine rings is 1. The van der Waals surface area contributed by atoms with Crippen molar-refractivity contribution >= 4 is 15.7 Å². The first-order valence-electron chi connectivity index (χ1n) is 9.63. The molecule has 1 aromatic carbocycles. The van der Waals surface area contributed by atoms with Crippen LogP contribution in [0.5, 0.6) is 5.75 Å². The van der Waals surface area contributed by atoms with Gasteiger partial charge in [-0.3, -0.25) is 4.31 Å². The van der Waals surface area contributed by atoms with Crippen LogP contribution in [0.4, 0.5) is 5.69 Å². The Bertz CT molecular complexity index is 823. The number of ether oxygens (including phenoxy) is 1. The van der Waals surface area contributed by atoms with Gasteiger partial charge in [0.15, 0.2) is 0 Å². The molecule has 0 N–H and O–H groups in total. The maximum atomic E-state index is 12.1. The molecule has 0 spiro atoms. The van der Waals surface area contributed by atoms with Crippen molar-refractivity contribution in [2.45, 2.75) is 50.0 Å². The second kappa shape index (κ2) is 6.13. The van der Waals surface area contributed by atoms with Crippen molar-refractivity contribution in [3.63, 3.8) is 0 Å². The average Bonchev–Trinajstić information content (AvgIpc) is 2.62. The van der Waals surface area contributed by atoms with E-state index in [1.54, 1.807) is 14.2 Å². The van der Waals surface area contributed by atoms with Gasteiger partial charge >= 0.3 is 0 Å². The number of anilines is 1. The molecule has 1 aromatic rings. The molecule has 144 valence electrons. The Morgan fingerprint density at radius 2 is 2.04 bits per heavy atom. The number of rotatable bonds is 3. The summed E-state index contributed by atoms with van der Waals surface area (Å²) in [6.07, 6.45) is 8.62. The zero-order chi connectivity index (χ0) is 18.7. The fourth-order valence-corrected chi connectivity index (χ4v) is 6.31. The fraction of sp³-hybridized carbons (Fsp3) is 0.700. The Kier molecular flexibility index (Phi) is 4.27. The summed E-state index contributed by atoms with van der Waals surface area (Å²) in [5.41, 5.74) is 3.64. The van der Waals surface area contributed by atoms with Crippen molar-refractivity contribution in [2.75, 3.05) is 38.3 Å². The van der Waals surface area contributed by atoms with Gasteiger partial charge in [0.25, 0.3) is 0 Å². The monoisotopic (exact) mass is 378 g/mol. The number of hydrogen-bond donors (Lipinski definition) is 0. The highest BCUT2D eigenvalue weighted by Crippen LogP contribution is 2.56. The van der Waals surface area contributed by atoms with E-state index in [0.717, 1.165) is 13.0 Å². The number of methoxy groups -OCH3 is 1. The fourth-order valence-electron chi connectivity index (χ4n) is 5.81. The van der Waals surface area contributed by atoms with Gasteiger partial charge in [-0.2, -0.15) is 0 Å². The molecule has 3 atom stereocenters. The summed E-state index contributed by atoms with van der Waals surface area (Å²) in [6.45, 7) is 1.15. The molecule has 1 saturated carbocycles. The highest BCUT2D eigenvalue weighted by molar-refractivity contribution is 7.92. The predicted octanol–water partition coefficient (Wildman–Crippen LogP) is 2.78. The minimum atomic E-state index is -3.33. The van der Waals surface area contributed by atoms with Crippen LogP contribution >= 0.6 is 0 Å². The van der Waals surface area contributed by atoms with E-state index in [1.165, 1.54) is 53.8 Å². The Morgan fingerprint density at radius 3 is 2.73 bits per heavy atom. The summed E-state index contributed by atoms with van der Waals surface area (Å²) in [7, 11) is 2.17. The molecule has 6 heteroatoms. The number of sulfonamides is 1. The summed E-state index contributed by atoms with van der Waals surface area (Å²) in [5, 5.41) is 0. The Morgan fingerprint density at radius 1 is 1.27 bits per heavy atom. The van der Waals surface area contributed by atoms with Crippen molar-refractivity contribution in [1.82, 2.24) is 4.90 Å². The quantitative estimate of drug-likeness (QED) is 0.812. The molecule has 2 fully saturated rings. The van der Waals surface area contributed by atoms with Crippen molar-refractivity contribution in [2.24, 2.45) is 5.92 Å². The summed E-state index contributed by atoms with van der Waals surface area (Å²) in [5.74, 6) is 1.39. The first-order chi connectivity index (χ1) is 12.3. The van der Waals surface area contributed by atoms with Gasteiger partial charge in [-0.15, -0.1) is 0 Å². The number of hydrogen-bond acceptors (Lipinski definition) is 4. The first kappa shape index (κ1) is 18.1. The van der Waals surface area contributed by atoms with E-state index in [9.17, 15) is 8.42 Å². The predicted molar refractivity (Wildman–Crippen MR) is 105 cm³/mol. The van der Waals surface area contributed by atoms with E-state index in [4.69, 9.17) is 4.74 Å². The second-order valence-corrected chi connectivity index (χ2v) is 10.4. The van der Waals surface area contributed by atoms with Crippen LogP contribution < -0.4 is 9.04 Å². The molecule has 1 heterocycles. The van der Waals surface area contributed by atoms with Crippen LogP contribution in [0.3, 0.4) is 0 Å². The van der Waals surface area contributed by atoms with E-state index in [0.29, 0.717) is 23.4 Å². The second-order valence-electron chi connectivity index (χ2n) is 8.42. The number of likely N-dealkylation sites (N-methyl/N-ethyl adjacent to an activating group) is 1. The molecule has 5 nitrogen and oxygen atoms in total. The molecule has 2 bridgehead atoms. The third kappa shape index (κ3) is 2.56. The molecule has 0 amide bonds. The highest BCUT2D eigenvalue weighted by atomic mass is 32.2. The van der Waals surface area contributed by atoms with Gasteiger partial charge in [0.2, 0.25) is 10.0 Å². The molecule has 1 saturated heterocycles. The molecule has 0 aromatic heterocycles. The van der Waals surface area contributed by atoms with Crippen LogP contribution in [-0.4, -0.2) is 53.4 Å². The molecule has 3 aliphatic rings. The van der Waals surface area contributed by atoms with Gasteiger partial charge in [-0.05, 0) is 68.5 Å². The van der Waals surface area contributed by atoms with Crippen LogP contribution in [0.15, 0.2) is 12.1 Å². The van der Waals surface area contributed by atoms with E-state index >= 15 is 0 Å². The van der Waals surface area contributed by atoms with E-state index in [1.807, 2.05) is 0 Å². The Labute approximate surface area is 157 Å². The number of fused-ring (bicyclic) bond motifs is 1. The van der Waals surface area contributed by atoms with Crippen molar-refractivity contribution in [3.05, 3.63) is 23.3 Å². The lowest BCUT2D eigenvalue weighted by atomic mass is 9.52. The normalized spacial score (nSPS) is 31.1. The molecular formula is C20H30N2O3S. The summed E-state index contributed by atoms with van der Waals surface area (Å²) >= 11 is 0. The standard InChI is InChI=1S/C20H30N2O3S/c1-21-10-9-20-8-6-5-7-15(20)17(21)11-14-12-18(22(2)26(4,23)24)19(25-3)13-16(14)20/h12-13,15,17H,5-11H2,1-4H3/t15?,17-,20-/m0/s1.